The van der Waals surface area contributed by atoms with Gasteiger partial charge in [0.15, 0.2) is 0 Å². The van der Waals surface area contributed by atoms with E-state index in [0.29, 0.717) is 11.4 Å². The molecule has 0 radical (unpaired) electrons. The molecule has 0 fully saturated rings. The number of phenolic OH excluding ortho intramolecular Hbond substituents is 1. The summed E-state index contributed by atoms with van der Waals surface area (Å²) in [5.74, 6) is 0.843. The third-order valence-electron chi connectivity index (χ3n) is 8.52. The predicted octanol–water partition coefficient (Wildman–Crippen LogP) is 10.2. The maximum Gasteiger partial charge on any atom is 0.148 e. The molecule has 0 saturated carbocycles. The van der Waals surface area contributed by atoms with E-state index in [-0.39, 0.29) is 26.8 Å². The molecule has 0 unspecified atom stereocenters. The van der Waals surface area contributed by atoms with Crippen molar-refractivity contribution in [1.29, 1.82) is 0 Å². The summed E-state index contributed by atoms with van der Waals surface area (Å²) in [7, 11) is 0. The first-order valence-electron chi connectivity index (χ1n) is 15.7. The fraction of sp³-hybridized carbons (Fsp3) is 0.0233. The van der Waals surface area contributed by atoms with Crippen molar-refractivity contribution in [2.45, 2.75) is 6.42 Å². The first kappa shape index (κ1) is 31.0. The zero-order chi connectivity index (χ0) is 31.6. The summed E-state index contributed by atoms with van der Waals surface area (Å²) in [4.78, 5) is 9.96. The monoisotopic (exact) mass is 799 g/mol. The van der Waals surface area contributed by atoms with Gasteiger partial charge in [-0.15, -0.1) is 29.8 Å². The molecule has 1 N–H and O–H groups in total. The average Bonchev–Trinajstić information content (AvgIpc) is 3.52. The fourth-order valence-corrected chi connectivity index (χ4v) is 6.29. The van der Waals surface area contributed by atoms with Crippen LogP contribution in [0.4, 0.5) is 0 Å². The standard InChI is InChI=1S/C43H30N3O.Pt/c47-40-29-32(31-15-6-2-7-16-31)22-24-37(40)43-45-42-39(46(43)36-19-8-3-9-20-36)25-23-35(27-30-13-4-1-5-14-30)41(42)34-18-12-17-33(28-34)38-21-10-11-26-44-38;/h1-26,29,47H,27H2;/q-1;. The number of nitrogens with zero attached hydrogens (tertiary/aromatic N) is 3. The molecule has 8 rings (SSSR count). The summed E-state index contributed by atoms with van der Waals surface area (Å²) in [6.07, 6.45) is 2.54. The van der Waals surface area contributed by atoms with E-state index in [1.807, 2.05) is 97.1 Å². The topological polar surface area (TPSA) is 50.9 Å². The Morgan fingerprint density at radius 3 is 2.06 bits per heavy atom. The Morgan fingerprint density at radius 1 is 0.625 bits per heavy atom. The van der Waals surface area contributed by atoms with Gasteiger partial charge in [0.2, 0.25) is 0 Å². The zero-order valence-electron chi connectivity index (χ0n) is 25.9. The van der Waals surface area contributed by atoms with Crippen LogP contribution in [-0.4, -0.2) is 19.6 Å². The summed E-state index contributed by atoms with van der Waals surface area (Å²) in [5, 5.41) is 11.5. The maximum atomic E-state index is 11.5. The van der Waals surface area contributed by atoms with Gasteiger partial charge in [0.1, 0.15) is 11.6 Å². The number of aromatic nitrogens is 3. The molecule has 234 valence electrons. The minimum atomic E-state index is 0. The normalized spacial score (nSPS) is 10.9. The molecule has 6 aromatic carbocycles. The number of hydrogen-bond donors (Lipinski definition) is 1. The number of aromatic hydroxyl groups is 1. The quantitative estimate of drug-likeness (QED) is 0.163. The second kappa shape index (κ2) is 13.7. The van der Waals surface area contributed by atoms with Gasteiger partial charge in [-0.05, 0) is 59.5 Å². The minimum absolute atomic E-state index is 0. The van der Waals surface area contributed by atoms with E-state index >= 15 is 0 Å². The van der Waals surface area contributed by atoms with Gasteiger partial charge in [0.25, 0.3) is 0 Å². The average molecular weight is 800 g/mol. The maximum absolute atomic E-state index is 11.5. The molecule has 5 heteroatoms. The van der Waals surface area contributed by atoms with Crippen LogP contribution in [0, 0.1) is 6.07 Å². The van der Waals surface area contributed by atoms with Gasteiger partial charge in [-0.25, -0.2) is 4.98 Å². The third-order valence-corrected chi connectivity index (χ3v) is 8.52. The van der Waals surface area contributed by atoms with Gasteiger partial charge in [-0.3, -0.25) is 9.55 Å². The van der Waals surface area contributed by atoms with Crippen LogP contribution < -0.4 is 0 Å². The Labute approximate surface area is 294 Å². The van der Waals surface area contributed by atoms with Gasteiger partial charge in [0, 0.05) is 38.6 Å². The number of benzene rings is 6. The molecular weight excluding hydrogens is 770 g/mol. The first-order chi connectivity index (χ1) is 23.2. The molecule has 4 nitrogen and oxygen atoms in total. The van der Waals surface area contributed by atoms with Crippen molar-refractivity contribution in [1.82, 2.24) is 14.5 Å². The number of rotatable bonds is 7. The van der Waals surface area contributed by atoms with E-state index in [9.17, 15) is 5.11 Å². The Bertz CT molecular complexity index is 2320. The van der Waals surface area contributed by atoms with Crippen LogP contribution in [0.3, 0.4) is 0 Å². The Kier molecular flexibility index (Phi) is 8.83. The number of phenols is 1. The summed E-state index contributed by atoms with van der Waals surface area (Å²) < 4.78 is 2.14. The molecule has 0 aliphatic carbocycles. The second-order valence-electron chi connectivity index (χ2n) is 11.5. The van der Waals surface area contributed by atoms with E-state index in [1.165, 1.54) is 5.56 Å². The van der Waals surface area contributed by atoms with Crippen LogP contribution in [0.1, 0.15) is 11.1 Å². The summed E-state index contributed by atoms with van der Waals surface area (Å²) >= 11 is 0. The molecule has 0 bridgehead atoms. The fourth-order valence-electron chi connectivity index (χ4n) is 6.29. The van der Waals surface area contributed by atoms with E-state index in [2.05, 4.69) is 76.3 Å². The molecule has 8 aromatic rings. The van der Waals surface area contributed by atoms with Crippen molar-refractivity contribution in [2.24, 2.45) is 0 Å². The van der Waals surface area contributed by atoms with Gasteiger partial charge in [-0.2, -0.15) is 0 Å². The Balaban J connectivity index is 0.00000364. The van der Waals surface area contributed by atoms with Crippen LogP contribution in [0.15, 0.2) is 164 Å². The van der Waals surface area contributed by atoms with E-state index in [4.69, 9.17) is 4.98 Å². The Hall–Kier alpha value is -5.57. The van der Waals surface area contributed by atoms with Crippen LogP contribution in [0.25, 0.3) is 61.6 Å². The van der Waals surface area contributed by atoms with Crippen LogP contribution in [0.2, 0.25) is 0 Å². The molecule has 0 aliphatic heterocycles. The van der Waals surface area contributed by atoms with Crippen molar-refractivity contribution in [3.8, 4) is 56.3 Å². The van der Waals surface area contributed by atoms with Crippen LogP contribution >= 0.6 is 0 Å². The largest absolute Gasteiger partial charge is 0.507 e. The van der Waals surface area contributed by atoms with Gasteiger partial charge in [0.05, 0.1) is 16.6 Å². The van der Waals surface area contributed by atoms with Crippen molar-refractivity contribution in [2.75, 3.05) is 0 Å². The summed E-state index contributed by atoms with van der Waals surface area (Å²) in [6.45, 7) is 0. The number of imidazole rings is 1. The van der Waals surface area contributed by atoms with Gasteiger partial charge in [-0.1, -0.05) is 120 Å². The van der Waals surface area contributed by atoms with Crippen molar-refractivity contribution in [3.05, 3.63) is 181 Å². The minimum Gasteiger partial charge on any atom is -0.507 e. The van der Waals surface area contributed by atoms with Crippen LogP contribution in [0.5, 0.6) is 5.75 Å². The molecule has 0 amide bonds. The molecule has 0 saturated heterocycles. The molecular formula is C43H30N3OPt-. The number of pyridine rings is 1. The Morgan fingerprint density at radius 2 is 1.33 bits per heavy atom. The van der Waals surface area contributed by atoms with E-state index in [1.54, 1.807) is 6.20 Å². The zero-order valence-corrected chi connectivity index (χ0v) is 28.2. The second-order valence-corrected chi connectivity index (χ2v) is 11.5. The molecule has 0 aliphatic rings. The SMILES string of the molecule is Oc1cc(-c2ccccc2)ccc1-c1nc2c(-c3[c-]c(-c4ccccn4)ccc3)c(Cc3ccccc3)ccc2n1-c1ccccc1.[Pt]. The molecule has 2 heterocycles. The molecule has 2 aromatic heterocycles. The van der Waals surface area contributed by atoms with E-state index in [0.717, 1.165) is 62.2 Å². The van der Waals surface area contributed by atoms with E-state index < -0.39 is 0 Å². The predicted molar refractivity (Wildman–Crippen MR) is 190 cm³/mol. The number of fused-ring (bicyclic) bond motifs is 1. The summed E-state index contributed by atoms with van der Waals surface area (Å²) in [6, 6.07) is 56.8. The molecule has 0 atom stereocenters. The van der Waals surface area contributed by atoms with Crippen molar-refractivity contribution in [3.63, 3.8) is 0 Å². The smallest absolute Gasteiger partial charge is 0.148 e. The first-order valence-corrected chi connectivity index (χ1v) is 15.7. The summed E-state index contributed by atoms with van der Waals surface area (Å²) in [5.41, 5.74) is 11.5. The molecule has 48 heavy (non-hydrogen) atoms. The number of hydrogen-bond acceptors (Lipinski definition) is 3. The van der Waals surface area contributed by atoms with Gasteiger partial charge < -0.3 is 5.11 Å². The third kappa shape index (κ3) is 5.99. The van der Waals surface area contributed by atoms with Crippen molar-refractivity contribution >= 4 is 11.0 Å². The van der Waals surface area contributed by atoms with Crippen LogP contribution in [-0.2, 0) is 27.5 Å². The van der Waals surface area contributed by atoms with Crippen molar-refractivity contribution < 1.29 is 26.2 Å². The van der Waals surface area contributed by atoms with Gasteiger partial charge >= 0.3 is 0 Å². The molecule has 0 spiro atoms. The number of para-hydroxylation sites is 1.